The van der Waals surface area contributed by atoms with Crippen molar-refractivity contribution in [3.05, 3.63) is 200 Å². The van der Waals surface area contributed by atoms with Crippen molar-refractivity contribution in [3.8, 4) is 33.4 Å². The summed E-state index contributed by atoms with van der Waals surface area (Å²) >= 11 is 0. The Kier molecular flexibility index (Phi) is 7.22. The van der Waals surface area contributed by atoms with Gasteiger partial charge in [0, 0.05) is 17.1 Å². The molecule has 0 aliphatic rings. The molecule has 9 aromatic carbocycles. The molecule has 0 radical (unpaired) electrons. The minimum atomic E-state index is 1.11. The first-order chi connectivity index (χ1) is 24.3. The van der Waals surface area contributed by atoms with Gasteiger partial charge in [0.05, 0.1) is 0 Å². The number of fused-ring (bicyclic) bond motifs is 5. The molecule has 0 saturated heterocycles. The van der Waals surface area contributed by atoms with Crippen molar-refractivity contribution >= 4 is 49.4 Å². The highest BCUT2D eigenvalue weighted by Crippen LogP contribution is 2.42. The molecule has 0 aliphatic heterocycles. The Balaban J connectivity index is 1.18. The second kappa shape index (κ2) is 12.3. The average molecular weight is 624 g/mol. The monoisotopic (exact) mass is 623 g/mol. The molecule has 0 amide bonds. The quantitative estimate of drug-likeness (QED) is 0.167. The predicted octanol–water partition coefficient (Wildman–Crippen LogP) is 13.6. The molecule has 0 fully saturated rings. The number of anilines is 3. The number of nitrogens with zero attached hydrogens (tertiary/aromatic N) is 1. The maximum Gasteiger partial charge on any atom is 0.0467 e. The molecular weight excluding hydrogens is 591 g/mol. The second-order valence-corrected chi connectivity index (χ2v) is 12.5. The Hall–Kier alpha value is -6.44. The molecule has 0 heterocycles. The molecule has 0 bridgehead atoms. The number of benzene rings is 9. The SMILES string of the molecule is c1ccc(-c2ccccc2-c2ccc(N(c3ccccc3)c3cccc(-c4cc5c6ccccc6ccc5c5ccccc45)c3)cc2)cc1. The van der Waals surface area contributed by atoms with E-state index in [0.717, 1.165) is 17.1 Å². The van der Waals surface area contributed by atoms with Gasteiger partial charge in [0.2, 0.25) is 0 Å². The molecule has 9 rings (SSSR count). The van der Waals surface area contributed by atoms with Crippen LogP contribution in [0.2, 0.25) is 0 Å². The molecule has 0 aromatic heterocycles. The minimum Gasteiger partial charge on any atom is -0.310 e. The van der Waals surface area contributed by atoms with E-state index in [-0.39, 0.29) is 0 Å². The van der Waals surface area contributed by atoms with Gasteiger partial charge in [-0.25, -0.2) is 0 Å². The molecule has 0 unspecified atom stereocenters. The Labute approximate surface area is 287 Å². The summed E-state index contributed by atoms with van der Waals surface area (Å²) in [6, 6.07) is 72.4. The number of para-hydroxylation sites is 1. The van der Waals surface area contributed by atoms with Gasteiger partial charge in [-0.1, -0.05) is 158 Å². The van der Waals surface area contributed by atoms with Crippen LogP contribution in [0.5, 0.6) is 0 Å². The average Bonchev–Trinajstić information content (AvgIpc) is 3.19. The molecule has 0 saturated carbocycles. The lowest BCUT2D eigenvalue weighted by atomic mass is 9.91. The zero-order chi connectivity index (χ0) is 32.6. The van der Waals surface area contributed by atoms with Crippen molar-refractivity contribution in [2.45, 2.75) is 0 Å². The van der Waals surface area contributed by atoms with Gasteiger partial charge in [-0.15, -0.1) is 0 Å². The Morgan fingerprint density at radius 3 is 1.53 bits per heavy atom. The van der Waals surface area contributed by atoms with Crippen molar-refractivity contribution in [1.82, 2.24) is 0 Å². The summed E-state index contributed by atoms with van der Waals surface area (Å²) < 4.78 is 0. The second-order valence-electron chi connectivity index (χ2n) is 12.5. The fourth-order valence-corrected chi connectivity index (χ4v) is 7.33. The fraction of sp³-hybridized carbons (Fsp3) is 0. The topological polar surface area (TPSA) is 3.24 Å². The van der Waals surface area contributed by atoms with Gasteiger partial charge in [0.15, 0.2) is 0 Å². The maximum atomic E-state index is 2.39. The largest absolute Gasteiger partial charge is 0.310 e. The maximum absolute atomic E-state index is 2.39. The Bertz CT molecular complexity index is 2590. The predicted molar refractivity (Wildman–Crippen MR) is 210 cm³/mol. The van der Waals surface area contributed by atoms with Crippen molar-refractivity contribution in [3.63, 3.8) is 0 Å². The van der Waals surface area contributed by atoms with Crippen LogP contribution >= 0.6 is 0 Å². The lowest BCUT2D eigenvalue weighted by Gasteiger charge is -2.26. The molecule has 49 heavy (non-hydrogen) atoms. The summed E-state index contributed by atoms with van der Waals surface area (Å²) in [6.45, 7) is 0. The zero-order valence-corrected chi connectivity index (χ0v) is 27.0. The third-order valence-electron chi connectivity index (χ3n) is 9.64. The minimum absolute atomic E-state index is 1.11. The van der Waals surface area contributed by atoms with Gasteiger partial charge < -0.3 is 4.90 Å². The lowest BCUT2D eigenvalue weighted by Crippen LogP contribution is -2.09. The van der Waals surface area contributed by atoms with Gasteiger partial charge in [0.1, 0.15) is 0 Å². The highest BCUT2D eigenvalue weighted by Gasteiger charge is 2.16. The molecular formula is C48H33N. The number of hydrogen-bond acceptors (Lipinski definition) is 1. The van der Waals surface area contributed by atoms with Crippen LogP contribution in [0.15, 0.2) is 200 Å². The van der Waals surface area contributed by atoms with E-state index < -0.39 is 0 Å². The van der Waals surface area contributed by atoms with Crippen LogP contribution < -0.4 is 4.90 Å². The molecule has 230 valence electrons. The van der Waals surface area contributed by atoms with Gasteiger partial charge in [0.25, 0.3) is 0 Å². The molecule has 0 N–H and O–H groups in total. The standard InChI is InChI=1S/C48H33N/c1-3-14-34(15-4-1)41-21-9-10-22-42(41)36-26-29-39(30-27-36)49(38-18-5-2-6-19-38)40-20-13-17-37(32-40)47-33-48-43-23-8-7-16-35(43)28-31-46(48)44-24-11-12-25-45(44)47/h1-33H. The lowest BCUT2D eigenvalue weighted by molar-refractivity contribution is 1.28. The van der Waals surface area contributed by atoms with Crippen molar-refractivity contribution in [2.75, 3.05) is 4.90 Å². The smallest absolute Gasteiger partial charge is 0.0467 e. The van der Waals surface area contributed by atoms with Crippen LogP contribution in [-0.2, 0) is 0 Å². The van der Waals surface area contributed by atoms with E-state index in [2.05, 4.69) is 205 Å². The van der Waals surface area contributed by atoms with E-state index in [4.69, 9.17) is 0 Å². The number of rotatable bonds is 6. The Morgan fingerprint density at radius 1 is 0.245 bits per heavy atom. The van der Waals surface area contributed by atoms with Gasteiger partial charge in [-0.2, -0.15) is 0 Å². The van der Waals surface area contributed by atoms with Crippen molar-refractivity contribution < 1.29 is 0 Å². The highest BCUT2D eigenvalue weighted by atomic mass is 15.1. The van der Waals surface area contributed by atoms with Gasteiger partial charge >= 0.3 is 0 Å². The first-order valence-corrected chi connectivity index (χ1v) is 16.9. The van der Waals surface area contributed by atoms with Crippen LogP contribution in [0, 0.1) is 0 Å². The van der Waals surface area contributed by atoms with E-state index >= 15 is 0 Å². The third-order valence-corrected chi connectivity index (χ3v) is 9.64. The first kappa shape index (κ1) is 28.8. The van der Waals surface area contributed by atoms with E-state index in [1.807, 2.05) is 0 Å². The first-order valence-electron chi connectivity index (χ1n) is 16.9. The molecule has 1 nitrogen and oxygen atoms in total. The highest BCUT2D eigenvalue weighted by molar-refractivity contribution is 6.21. The van der Waals surface area contributed by atoms with Crippen LogP contribution in [0.3, 0.4) is 0 Å². The summed E-state index contributed by atoms with van der Waals surface area (Å²) in [7, 11) is 0. The summed E-state index contributed by atoms with van der Waals surface area (Å²) in [6.07, 6.45) is 0. The summed E-state index contributed by atoms with van der Waals surface area (Å²) in [5.41, 5.74) is 10.6. The van der Waals surface area contributed by atoms with E-state index in [1.165, 1.54) is 65.7 Å². The van der Waals surface area contributed by atoms with Crippen LogP contribution in [0.25, 0.3) is 65.7 Å². The van der Waals surface area contributed by atoms with Crippen molar-refractivity contribution in [1.29, 1.82) is 0 Å². The molecule has 0 spiro atoms. The Morgan fingerprint density at radius 2 is 0.776 bits per heavy atom. The summed E-state index contributed by atoms with van der Waals surface area (Å²) in [5, 5.41) is 7.64. The van der Waals surface area contributed by atoms with E-state index in [1.54, 1.807) is 0 Å². The van der Waals surface area contributed by atoms with E-state index in [0.29, 0.717) is 0 Å². The fourth-order valence-electron chi connectivity index (χ4n) is 7.33. The molecule has 0 aliphatic carbocycles. The zero-order valence-electron chi connectivity index (χ0n) is 27.0. The van der Waals surface area contributed by atoms with Gasteiger partial charge in [-0.05, 0) is 108 Å². The molecule has 1 heteroatoms. The van der Waals surface area contributed by atoms with Gasteiger partial charge in [-0.3, -0.25) is 0 Å². The normalized spacial score (nSPS) is 11.3. The van der Waals surface area contributed by atoms with Crippen LogP contribution in [0.4, 0.5) is 17.1 Å². The third kappa shape index (κ3) is 5.23. The molecule has 0 atom stereocenters. The van der Waals surface area contributed by atoms with Crippen molar-refractivity contribution in [2.24, 2.45) is 0 Å². The van der Waals surface area contributed by atoms with Crippen LogP contribution in [0.1, 0.15) is 0 Å². The summed E-state index contributed by atoms with van der Waals surface area (Å²) in [5.74, 6) is 0. The van der Waals surface area contributed by atoms with E-state index in [9.17, 15) is 0 Å². The van der Waals surface area contributed by atoms with Crippen LogP contribution in [-0.4, -0.2) is 0 Å². The number of hydrogen-bond donors (Lipinski definition) is 0. The summed E-state index contributed by atoms with van der Waals surface area (Å²) in [4.78, 5) is 2.36. The molecule has 9 aromatic rings.